The molecular weight excluding hydrogens is 330 g/mol. The average Bonchev–Trinajstić information content (AvgIpc) is 2.65. The number of carbonyl (C=O) groups is 1. The summed E-state index contributed by atoms with van der Waals surface area (Å²) in [5, 5.41) is 2.89. The molecule has 0 spiro atoms. The van der Waals surface area contributed by atoms with E-state index in [2.05, 4.69) is 19.2 Å². The van der Waals surface area contributed by atoms with Crippen molar-refractivity contribution in [2.45, 2.75) is 20.8 Å². The number of nitrogens with one attached hydrogen (secondary N) is 1. The first-order chi connectivity index (χ1) is 12.6. The molecule has 5 heteroatoms. The number of carbonyl (C=O) groups excluding carboxylic acids is 1. The summed E-state index contributed by atoms with van der Waals surface area (Å²) in [5.74, 6) is 1.64. The van der Waals surface area contributed by atoms with Gasteiger partial charge in [0.25, 0.3) is 5.91 Å². The molecule has 2 rings (SSSR count). The maximum Gasteiger partial charge on any atom is 0.255 e. The number of hydrogen-bond donors (Lipinski definition) is 1. The highest BCUT2D eigenvalue weighted by Gasteiger charge is 2.10. The summed E-state index contributed by atoms with van der Waals surface area (Å²) in [4.78, 5) is 12.5. The summed E-state index contributed by atoms with van der Waals surface area (Å²) in [6.45, 7) is 8.37. The van der Waals surface area contributed by atoms with Crippen molar-refractivity contribution >= 4 is 11.6 Å². The lowest BCUT2D eigenvalue weighted by Crippen LogP contribution is -2.14. The number of benzene rings is 2. The van der Waals surface area contributed by atoms with Gasteiger partial charge < -0.3 is 19.5 Å². The largest absolute Gasteiger partial charge is 0.493 e. The van der Waals surface area contributed by atoms with Gasteiger partial charge in [0.15, 0.2) is 0 Å². The molecular formula is C21H27NO4. The van der Waals surface area contributed by atoms with Crippen molar-refractivity contribution in [3.8, 4) is 11.5 Å². The van der Waals surface area contributed by atoms with Gasteiger partial charge in [0, 0.05) is 12.2 Å². The molecule has 2 aromatic carbocycles. The Morgan fingerprint density at radius 1 is 1.00 bits per heavy atom. The van der Waals surface area contributed by atoms with Crippen LogP contribution in [0.4, 0.5) is 5.69 Å². The SMILES string of the molecule is CCOCCOc1ccccc1NC(=O)c1ccc(OCC(C)C)cc1. The molecule has 26 heavy (non-hydrogen) atoms. The minimum atomic E-state index is -0.193. The Bertz CT molecular complexity index is 683. The zero-order chi connectivity index (χ0) is 18.8. The van der Waals surface area contributed by atoms with E-state index in [1.54, 1.807) is 12.1 Å². The molecule has 0 fully saturated rings. The monoisotopic (exact) mass is 357 g/mol. The summed E-state index contributed by atoms with van der Waals surface area (Å²) in [5.41, 5.74) is 1.19. The van der Waals surface area contributed by atoms with Crippen LogP contribution in [-0.2, 0) is 4.74 Å². The Hall–Kier alpha value is -2.53. The van der Waals surface area contributed by atoms with E-state index in [0.29, 0.717) is 49.3 Å². The third-order valence-corrected chi connectivity index (χ3v) is 3.52. The van der Waals surface area contributed by atoms with Crippen LogP contribution in [0.25, 0.3) is 0 Å². The minimum Gasteiger partial charge on any atom is -0.493 e. The molecule has 1 amide bonds. The first kappa shape index (κ1) is 19.8. The Morgan fingerprint density at radius 2 is 1.73 bits per heavy atom. The fourth-order valence-corrected chi connectivity index (χ4v) is 2.21. The van der Waals surface area contributed by atoms with Gasteiger partial charge in [0.1, 0.15) is 18.1 Å². The van der Waals surface area contributed by atoms with E-state index in [1.807, 2.05) is 43.3 Å². The predicted octanol–water partition coefficient (Wildman–Crippen LogP) is 4.39. The quantitative estimate of drug-likeness (QED) is 0.641. The second-order valence-corrected chi connectivity index (χ2v) is 6.22. The third kappa shape index (κ3) is 6.41. The Kier molecular flexibility index (Phi) is 7.96. The first-order valence-electron chi connectivity index (χ1n) is 8.94. The molecule has 0 heterocycles. The van der Waals surface area contributed by atoms with E-state index in [4.69, 9.17) is 14.2 Å². The molecule has 140 valence electrons. The van der Waals surface area contributed by atoms with Crippen LogP contribution in [0.1, 0.15) is 31.1 Å². The number of amides is 1. The molecule has 2 aromatic rings. The van der Waals surface area contributed by atoms with Gasteiger partial charge in [-0.3, -0.25) is 4.79 Å². The lowest BCUT2D eigenvalue weighted by molar-refractivity contribution is 0.102. The van der Waals surface area contributed by atoms with Gasteiger partial charge in [-0.2, -0.15) is 0 Å². The molecule has 0 bridgehead atoms. The summed E-state index contributed by atoms with van der Waals surface area (Å²) in [6, 6.07) is 14.5. The zero-order valence-electron chi connectivity index (χ0n) is 15.7. The van der Waals surface area contributed by atoms with Crippen molar-refractivity contribution < 1.29 is 19.0 Å². The number of para-hydroxylation sites is 2. The van der Waals surface area contributed by atoms with Crippen molar-refractivity contribution in [2.75, 3.05) is 31.7 Å². The Morgan fingerprint density at radius 3 is 2.42 bits per heavy atom. The van der Waals surface area contributed by atoms with E-state index >= 15 is 0 Å². The molecule has 0 aromatic heterocycles. The van der Waals surface area contributed by atoms with E-state index in [9.17, 15) is 4.79 Å². The maximum atomic E-state index is 12.5. The molecule has 0 aliphatic rings. The van der Waals surface area contributed by atoms with Crippen LogP contribution in [0.5, 0.6) is 11.5 Å². The Labute approximate surface area is 155 Å². The lowest BCUT2D eigenvalue weighted by Gasteiger charge is -2.13. The van der Waals surface area contributed by atoms with Crippen molar-refractivity contribution in [3.05, 3.63) is 54.1 Å². The van der Waals surface area contributed by atoms with Gasteiger partial charge in [0.2, 0.25) is 0 Å². The topological polar surface area (TPSA) is 56.8 Å². The van der Waals surface area contributed by atoms with E-state index < -0.39 is 0 Å². The molecule has 5 nitrogen and oxygen atoms in total. The summed E-state index contributed by atoms with van der Waals surface area (Å²) >= 11 is 0. The molecule has 0 saturated carbocycles. The van der Waals surface area contributed by atoms with Crippen molar-refractivity contribution in [1.82, 2.24) is 0 Å². The molecule has 0 radical (unpaired) electrons. The molecule has 0 aliphatic heterocycles. The van der Waals surface area contributed by atoms with E-state index in [1.165, 1.54) is 0 Å². The molecule has 0 unspecified atom stereocenters. The second kappa shape index (κ2) is 10.5. The van der Waals surface area contributed by atoms with Gasteiger partial charge in [0.05, 0.1) is 18.9 Å². The number of ether oxygens (including phenoxy) is 3. The maximum absolute atomic E-state index is 12.5. The van der Waals surface area contributed by atoms with Gasteiger partial charge >= 0.3 is 0 Å². The molecule has 0 aliphatic carbocycles. The highest BCUT2D eigenvalue weighted by Crippen LogP contribution is 2.24. The van der Waals surface area contributed by atoms with Crippen LogP contribution in [0.2, 0.25) is 0 Å². The van der Waals surface area contributed by atoms with E-state index in [-0.39, 0.29) is 5.91 Å². The Balaban J connectivity index is 1.96. The number of anilines is 1. The van der Waals surface area contributed by atoms with Gasteiger partial charge in [-0.25, -0.2) is 0 Å². The van der Waals surface area contributed by atoms with Gasteiger partial charge in [-0.15, -0.1) is 0 Å². The molecule has 1 N–H and O–H groups in total. The number of rotatable bonds is 10. The predicted molar refractivity (Wildman–Crippen MR) is 103 cm³/mol. The van der Waals surface area contributed by atoms with Gasteiger partial charge in [-0.1, -0.05) is 26.0 Å². The number of hydrogen-bond acceptors (Lipinski definition) is 4. The van der Waals surface area contributed by atoms with E-state index in [0.717, 1.165) is 5.75 Å². The molecule has 0 saturated heterocycles. The minimum absolute atomic E-state index is 0.193. The summed E-state index contributed by atoms with van der Waals surface area (Å²) < 4.78 is 16.6. The third-order valence-electron chi connectivity index (χ3n) is 3.52. The smallest absolute Gasteiger partial charge is 0.255 e. The van der Waals surface area contributed by atoms with Crippen LogP contribution in [0.15, 0.2) is 48.5 Å². The van der Waals surface area contributed by atoms with Crippen LogP contribution >= 0.6 is 0 Å². The summed E-state index contributed by atoms with van der Waals surface area (Å²) in [6.07, 6.45) is 0. The average molecular weight is 357 g/mol. The lowest BCUT2D eigenvalue weighted by atomic mass is 10.2. The van der Waals surface area contributed by atoms with Crippen molar-refractivity contribution in [2.24, 2.45) is 5.92 Å². The van der Waals surface area contributed by atoms with Gasteiger partial charge in [-0.05, 0) is 49.2 Å². The van der Waals surface area contributed by atoms with Crippen LogP contribution in [-0.4, -0.2) is 32.3 Å². The highest BCUT2D eigenvalue weighted by molar-refractivity contribution is 6.05. The van der Waals surface area contributed by atoms with Crippen molar-refractivity contribution in [3.63, 3.8) is 0 Å². The standard InChI is InChI=1S/C21H27NO4/c1-4-24-13-14-25-20-8-6-5-7-19(20)22-21(23)17-9-11-18(12-10-17)26-15-16(2)3/h5-12,16H,4,13-15H2,1-3H3,(H,22,23). The fourth-order valence-electron chi connectivity index (χ4n) is 2.21. The van der Waals surface area contributed by atoms with Crippen molar-refractivity contribution in [1.29, 1.82) is 0 Å². The second-order valence-electron chi connectivity index (χ2n) is 6.22. The van der Waals surface area contributed by atoms with Crippen LogP contribution in [0.3, 0.4) is 0 Å². The zero-order valence-corrected chi connectivity index (χ0v) is 15.7. The first-order valence-corrected chi connectivity index (χ1v) is 8.94. The molecule has 0 atom stereocenters. The fraction of sp³-hybridized carbons (Fsp3) is 0.381. The normalized spacial score (nSPS) is 10.6. The summed E-state index contributed by atoms with van der Waals surface area (Å²) in [7, 11) is 0. The van der Waals surface area contributed by atoms with Crippen LogP contribution in [0, 0.1) is 5.92 Å². The highest BCUT2D eigenvalue weighted by atomic mass is 16.5. The van der Waals surface area contributed by atoms with Crippen LogP contribution < -0.4 is 14.8 Å².